The Morgan fingerprint density at radius 1 is 1.17 bits per heavy atom. The van der Waals surface area contributed by atoms with Crippen molar-refractivity contribution in [3.63, 3.8) is 0 Å². The van der Waals surface area contributed by atoms with Crippen LogP contribution in [-0.2, 0) is 0 Å². The average Bonchev–Trinajstić information content (AvgIpc) is 2.56. The molecule has 0 aliphatic heterocycles. The van der Waals surface area contributed by atoms with Crippen molar-refractivity contribution in [2.75, 3.05) is 11.9 Å². The number of benzene rings is 2. The molecule has 1 N–H and O–H groups in total. The SMILES string of the molecule is CC(CNc1ncnc2c(F)c(Cl)ccc12)c1cccc(Cl)c1. The van der Waals surface area contributed by atoms with E-state index < -0.39 is 5.82 Å². The second-order valence-electron chi connectivity index (χ2n) is 5.32. The molecule has 3 nitrogen and oxygen atoms in total. The molecule has 0 amide bonds. The first-order valence-electron chi connectivity index (χ1n) is 7.14. The quantitative estimate of drug-likeness (QED) is 0.695. The number of fused-ring (bicyclic) bond motifs is 1. The van der Waals surface area contributed by atoms with Crippen LogP contribution in [0.1, 0.15) is 18.4 Å². The van der Waals surface area contributed by atoms with Gasteiger partial charge in [-0.25, -0.2) is 14.4 Å². The smallest absolute Gasteiger partial charge is 0.168 e. The summed E-state index contributed by atoms with van der Waals surface area (Å²) in [6.45, 7) is 2.72. The standard InChI is InChI=1S/C17H14Cl2FN3/c1-10(11-3-2-4-12(18)7-11)8-21-17-13-5-6-14(19)15(20)16(13)22-9-23-17/h2-7,9-10H,8H2,1H3,(H,21,22,23). The number of halogens is 3. The highest BCUT2D eigenvalue weighted by Gasteiger charge is 2.12. The van der Waals surface area contributed by atoms with Crippen LogP contribution in [0.2, 0.25) is 10.0 Å². The van der Waals surface area contributed by atoms with E-state index in [4.69, 9.17) is 23.2 Å². The molecule has 0 saturated carbocycles. The van der Waals surface area contributed by atoms with Crippen molar-refractivity contribution in [2.24, 2.45) is 0 Å². The van der Waals surface area contributed by atoms with Gasteiger partial charge in [-0.1, -0.05) is 42.3 Å². The third-order valence-corrected chi connectivity index (χ3v) is 4.22. The number of anilines is 1. The molecule has 1 aromatic heterocycles. The lowest BCUT2D eigenvalue weighted by Gasteiger charge is -2.15. The summed E-state index contributed by atoms with van der Waals surface area (Å²) in [5.74, 6) is 0.271. The fourth-order valence-corrected chi connectivity index (χ4v) is 2.74. The van der Waals surface area contributed by atoms with E-state index in [1.54, 1.807) is 6.07 Å². The highest BCUT2D eigenvalue weighted by molar-refractivity contribution is 6.31. The van der Waals surface area contributed by atoms with E-state index >= 15 is 0 Å². The molecule has 3 aromatic rings. The van der Waals surface area contributed by atoms with Crippen LogP contribution < -0.4 is 5.32 Å². The van der Waals surface area contributed by atoms with E-state index in [1.807, 2.05) is 24.3 Å². The molecular weight excluding hydrogens is 336 g/mol. The Morgan fingerprint density at radius 3 is 2.78 bits per heavy atom. The van der Waals surface area contributed by atoms with Crippen molar-refractivity contribution >= 4 is 39.9 Å². The summed E-state index contributed by atoms with van der Waals surface area (Å²) in [5.41, 5.74) is 1.34. The Labute approximate surface area is 143 Å². The molecule has 6 heteroatoms. The van der Waals surface area contributed by atoms with Crippen molar-refractivity contribution < 1.29 is 4.39 Å². The number of aromatic nitrogens is 2. The summed E-state index contributed by atoms with van der Waals surface area (Å²) in [5, 5.41) is 4.61. The van der Waals surface area contributed by atoms with E-state index in [0.29, 0.717) is 22.8 Å². The Kier molecular flexibility index (Phi) is 4.64. The topological polar surface area (TPSA) is 37.8 Å². The molecule has 1 heterocycles. The number of hydrogen-bond acceptors (Lipinski definition) is 3. The van der Waals surface area contributed by atoms with Crippen LogP contribution in [0.25, 0.3) is 10.9 Å². The zero-order chi connectivity index (χ0) is 16.4. The minimum atomic E-state index is -0.530. The van der Waals surface area contributed by atoms with Crippen molar-refractivity contribution in [1.82, 2.24) is 9.97 Å². The van der Waals surface area contributed by atoms with E-state index in [0.717, 1.165) is 5.56 Å². The monoisotopic (exact) mass is 349 g/mol. The summed E-state index contributed by atoms with van der Waals surface area (Å²) in [4.78, 5) is 8.17. The molecule has 1 atom stereocenters. The molecular formula is C17H14Cl2FN3. The van der Waals surface area contributed by atoms with Crippen LogP contribution in [0.4, 0.5) is 10.2 Å². The molecule has 2 aromatic carbocycles. The summed E-state index contributed by atoms with van der Waals surface area (Å²) in [6, 6.07) is 10.9. The Hall–Kier alpha value is -1.91. The normalized spacial score (nSPS) is 12.3. The average molecular weight is 350 g/mol. The van der Waals surface area contributed by atoms with Crippen molar-refractivity contribution in [3.8, 4) is 0 Å². The Bertz CT molecular complexity index is 854. The number of nitrogens with one attached hydrogen (secondary N) is 1. The first-order chi connectivity index (χ1) is 11.1. The minimum Gasteiger partial charge on any atom is -0.369 e. The van der Waals surface area contributed by atoms with Crippen molar-refractivity contribution in [2.45, 2.75) is 12.8 Å². The maximum atomic E-state index is 14.0. The summed E-state index contributed by atoms with van der Waals surface area (Å²) in [7, 11) is 0. The van der Waals surface area contributed by atoms with Gasteiger partial charge in [0.05, 0.1) is 5.02 Å². The molecule has 0 bridgehead atoms. The molecule has 118 valence electrons. The molecule has 0 aliphatic rings. The molecule has 0 spiro atoms. The molecule has 0 saturated heterocycles. The number of hydrogen-bond donors (Lipinski definition) is 1. The number of nitrogens with zero attached hydrogens (tertiary/aromatic N) is 2. The molecule has 0 aliphatic carbocycles. The van der Waals surface area contributed by atoms with E-state index in [-0.39, 0.29) is 16.5 Å². The summed E-state index contributed by atoms with van der Waals surface area (Å²) in [6.07, 6.45) is 1.33. The molecule has 0 radical (unpaired) electrons. The van der Waals surface area contributed by atoms with Crippen LogP contribution in [0.5, 0.6) is 0 Å². The Morgan fingerprint density at radius 2 is 2.00 bits per heavy atom. The molecule has 1 unspecified atom stereocenters. The van der Waals surface area contributed by atoms with E-state index in [2.05, 4.69) is 22.2 Å². The van der Waals surface area contributed by atoms with Gasteiger partial charge in [-0.3, -0.25) is 0 Å². The fraction of sp³-hybridized carbons (Fsp3) is 0.176. The number of rotatable bonds is 4. The van der Waals surface area contributed by atoms with Gasteiger partial charge in [-0.2, -0.15) is 0 Å². The van der Waals surface area contributed by atoms with Gasteiger partial charge in [0.25, 0.3) is 0 Å². The lowest BCUT2D eigenvalue weighted by atomic mass is 10.0. The molecule has 23 heavy (non-hydrogen) atoms. The predicted octanol–water partition coefficient (Wildman–Crippen LogP) is 5.29. The van der Waals surface area contributed by atoms with Crippen molar-refractivity contribution in [3.05, 3.63) is 64.2 Å². The van der Waals surface area contributed by atoms with Crippen LogP contribution in [0.3, 0.4) is 0 Å². The summed E-state index contributed by atoms with van der Waals surface area (Å²) >= 11 is 11.8. The van der Waals surface area contributed by atoms with Crippen LogP contribution in [0, 0.1) is 5.82 Å². The minimum absolute atomic E-state index is 0.0504. The second-order valence-corrected chi connectivity index (χ2v) is 6.16. The fourth-order valence-electron chi connectivity index (χ4n) is 2.39. The van der Waals surface area contributed by atoms with Crippen molar-refractivity contribution in [1.29, 1.82) is 0 Å². The zero-order valence-electron chi connectivity index (χ0n) is 12.4. The third-order valence-electron chi connectivity index (χ3n) is 3.69. The maximum Gasteiger partial charge on any atom is 0.168 e. The van der Waals surface area contributed by atoms with Crippen LogP contribution in [0.15, 0.2) is 42.7 Å². The first-order valence-corrected chi connectivity index (χ1v) is 7.90. The zero-order valence-corrected chi connectivity index (χ0v) is 13.9. The highest BCUT2D eigenvalue weighted by Crippen LogP contribution is 2.27. The molecule has 3 rings (SSSR count). The lowest BCUT2D eigenvalue weighted by molar-refractivity contribution is 0.637. The summed E-state index contributed by atoms with van der Waals surface area (Å²) < 4.78 is 14.0. The highest BCUT2D eigenvalue weighted by atomic mass is 35.5. The first kappa shape index (κ1) is 16.0. The maximum absolute atomic E-state index is 14.0. The van der Waals surface area contributed by atoms with E-state index in [1.165, 1.54) is 12.4 Å². The van der Waals surface area contributed by atoms with Gasteiger partial charge in [0.2, 0.25) is 0 Å². The van der Waals surface area contributed by atoms with Gasteiger partial charge >= 0.3 is 0 Å². The second kappa shape index (κ2) is 6.69. The molecule has 0 fully saturated rings. The van der Waals surface area contributed by atoms with Crippen LogP contribution >= 0.6 is 23.2 Å². The third kappa shape index (κ3) is 3.38. The largest absolute Gasteiger partial charge is 0.369 e. The van der Waals surface area contributed by atoms with Gasteiger partial charge < -0.3 is 5.32 Å². The van der Waals surface area contributed by atoms with Gasteiger partial charge in [0.15, 0.2) is 5.82 Å². The van der Waals surface area contributed by atoms with Gasteiger partial charge in [-0.15, -0.1) is 0 Å². The van der Waals surface area contributed by atoms with Gasteiger partial charge in [0.1, 0.15) is 17.7 Å². The lowest BCUT2D eigenvalue weighted by Crippen LogP contribution is -2.11. The Balaban J connectivity index is 1.83. The van der Waals surface area contributed by atoms with E-state index in [9.17, 15) is 4.39 Å². The van der Waals surface area contributed by atoms with Gasteiger partial charge in [-0.05, 0) is 35.7 Å². The van der Waals surface area contributed by atoms with Gasteiger partial charge in [0, 0.05) is 17.0 Å². The van der Waals surface area contributed by atoms with Crippen LogP contribution in [-0.4, -0.2) is 16.5 Å². The predicted molar refractivity (Wildman–Crippen MR) is 92.9 cm³/mol.